The highest BCUT2D eigenvalue weighted by Gasteiger charge is 2.00. The Balaban J connectivity index is 2.58. The van der Waals surface area contributed by atoms with Crippen LogP contribution in [0.5, 0.6) is 0 Å². The largest absolute Gasteiger partial charge is 0.311 e. The van der Waals surface area contributed by atoms with Gasteiger partial charge in [0.2, 0.25) is 0 Å². The molecule has 1 aromatic heterocycles. The van der Waals surface area contributed by atoms with E-state index >= 15 is 0 Å². The summed E-state index contributed by atoms with van der Waals surface area (Å²) in [5.74, 6) is 0. The van der Waals surface area contributed by atoms with Crippen molar-refractivity contribution >= 4 is 11.6 Å². The normalized spacial score (nSPS) is 10.5. The molecular weight excluding hydrogens is 162 g/mol. The summed E-state index contributed by atoms with van der Waals surface area (Å²) in [4.78, 5) is 0. The zero-order valence-corrected chi connectivity index (χ0v) is 7.52. The summed E-state index contributed by atoms with van der Waals surface area (Å²) >= 11 is 5.78. The Bertz CT molecular complexity index is 212. The molecule has 0 saturated heterocycles. The molecule has 0 spiro atoms. The van der Waals surface area contributed by atoms with E-state index in [9.17, 15) is 0 Å². The summed E-state index contributed by atoms with van der Waals surface area (Å²) in [6, 6.07) is 1.87. The third kappa shape index (κ3) is 2.20. The number of halogens is 1. The van der Waals surface area contributed by atoms with Gasteiger partial charge >= 0.3 is 0 Å². The third-order valence-electron chi connectivity index (χ3n) is 1.43. The molecule has 11 heavy (non-hydrogen) atoms. The Hall–Kier alpha value is -0.540. The second kappa shape index (κ2) is 3.74. The highest BCUT2D eigenvalue weighted by molar-refractivity contribution is 6.29. The van der Waals surface area contributed by atoms with Gasteiger partial charge in [-0.25, -0.2) is 0 Å². The van der Waals surface area contributed by atoms with Crippen molar-refractivity contribution in [1.82, 2.24) is 15.1 Å². The summed E-state index contributed by atoms with van der Waals surface area (Å²) in [5.41, 5.74) is 0.986. The second-order valence-corrected chi connectivity index (χ2v) is 2.75. The first-order valence-electron chi connectivity index (χ1n) is 3.63. The van der Waals surface area contributed by atoms with Crippen LogP contribution in [-0.4, -0.2) is 16.3 Å². The number of aryl methyl sites for hydroxylation is 1. The summed E-state index contributed by atoms with van der Waals surface area (Å²) < 4.78 is 1.66. The van der Waals surface area contributed by atoms with E-state index in [4.69, 9.17) is 11.6 Å². The van der Waals surface area contributed by atoms with Gasteiger partial charge in [0, 0.05) is 13.6 Å². The Morgan fingerprint density at radius 1 is 1.73 bits per heavy atom. The number of rotatable bonds is 3. The van der Waals surface area contributed by atoms with Crippen molar-refractivity contribution in [2.24, 2.45) is 7.05 Å². The molecule has 0 atom stereocenters. The fourth-order valence-electron chi connectivity index (χ4n) is 0.840. The van der Waals surface area contributed by atoms with Crippen LogP contribution in [0.15, 0.2) is 6.07 Å². The first-order valence-corrected chi connectivity index (χ1v) is 4.01. The molecular formula is C7H12ClN3. The van der Waals surface area contributed by atoms with Crippen LogP contribution in [0.2, 0.25) is 5.15 Å². The molecule has 1 rings (SSSR count). The van der Waals surface area contributed by atoms with Crippen molar-refractivity contribution in [3.05, 3.63) is 16.9 Å². The number of aromatic nitrogens is 2. The Kier molecular flexibility index (Phi) is 2.91. The average Bonchev–Trinajstić information content (AvgIpc) is 2.28. The molecule has 1 N–H and O–H groups in total. The Morgan fingerprint density at radius 2 is 2.45 bits per heavy atom. The Morgan fingerprint density at radius 3 is 2.91 bits per heavy atom. The van der Waals surface area contributed by atoms with Crippen LogP contribution in [-0.2, 0) is 13.6 Å². The van der Waals surface area contributed by atoms with Crippen molar-refractivity contribution in [2.45, 2.75) is 13.5 Å². The fourth-order valence-corrected chi connectivity index (χ4v) is 1.00. The van der Waals surface area contributed by atoms with Crippen LogP contribution in [0.3, 0.4) is 0 Å². The molecule has 0 aliphatic carbocycles. The molecule has 0 bridgehead atoms. The van der Waals surface area contributed by atoms with Gasteiger partial charge in [-0.1, -0.05) is 18.5 Å². The van der Waals surface area contributed by atoms with Crippen LogP contribution in [0.25, 0.3) is 0 Å². The van der Waals surface area contributed by atoms with E-state index in [1.807, 2.05) is 13.1 Å². The topological polar surface area (TPSA) is 29.9 Å². The SMILES string of the molecule is CCNCc1cc(Cl)n(C)n1. The van der Waals surface area contributed by atoms with Gasteiger partial charge in [0.05, 0.1) is 5.69 Å². The number of hydrogen-bond acceptors (Lipinski definition) is 2. The molecule has 3 nitrogen and oxygen atoms in total. The minimum absolute atomic E-state index is 0.679. The van der Waals surface area contributed by atoms with Crippen molar-refractivity contribution in [3.63, 3.8) is 0 Å². The highest BCUT2D eigenvalue weighted by Crippen LogP contribution is 2.08. The second-order valence-electron chi connectivity index (χ2n) is 2.36. The maximum Gasteiger partial charge on any atom is 0.127 e. The monoisotopic (exact) mass is 173 g/mol. The highest BCUT2D eigenvalue weighted by atomic mass is 35.5. The van der Waals surface area contributed by atoms with Gasteiger partial charge < -0.3 is 5.32 Å². The molecule has 62 valence electrons. The lowest BCUT2D eigenvalue weighted by atomic mass is 10.4. The first-order chi connectivity index (χ1) is 5.24. The molecule has 0 aliphatic rings. The van der Waals surface area contributed by atoms with Gasteiger partial charge in [0.15, 0.2) is 0 Å². The van der Waals surface area contributed by atoms with Crippen LogP contribution < -0.4 is 5.32 Å². The standard InChI is InChI=1S/C7H12ClN3/c1-3-9-5-6-4-7(8)11(2)10-6/h4,9H,3,5H2,1-2H3. The average molecular weight is 174 g/mol. The van der Waals surface area contributed by atoms with Gasteiger partial charge in [-0.2, -0.15) is 5.10 Å². The van der Waals surface area contributed by atoms with E-state index in [0.717, 1.165) is 18.8 Å². The quantitative estimate of drug-likeness (QED) is 0.744. The molecule has 0 aromatic carbocycles. The van der Waals surface area contributed by atoms with E-state index in [1.165, 1.54) is 0 Å². The molecule has 1 heterocycles. The predicted molar refractivity (Wildman–Crippen MR) is 45.6 cm³/mol. The molecule has 0 unspecified atom stereocenters. The minimum atomic E-state index is 0.679. The van der Waals surface area contributed by atoms with Crippen LogP contribution in [0, 0.1) is 0 Å². The van der Waals surface area contributed by atoms with Crippen LogP contribution in [0.4, 0.5) is 0 Å². The van der Waals surface area contributed by atoms with E-state index in [0.29, 0.717) is 5.15 Å². The lowest BCUT2D eigenvalue weighted by Crippen LogP contribution is -2.12. The maximum absolute atomic E-state index is 5.78. The summed E-state index contributed by atoms with van der Waals surface area (Å²) in [7, 11) is 1.83. The van der Waals surface area contributed by atoms with Crippen LogP contribution >= 0.6 is 11.6 Å². The zero-order valence-electron chi connectivity index (χ0n) is 6.76. The van der Waals surface area contributed by atoms with E-state index in [1.54, 1.807) is 4.68 Å². The number of nitrogens with zero attached hydrogens (tertiary/aromatic N) is 2. The summed E-state index contributed by atoms with van der Waals surface area (Å²) in [6.45, 7) is 3.80. The molecule has 0 aliphatic heterocycles. The van der Waals surface area contributed by atoms with Gasteiger partial charge in [-0.15, -0.1) is 0 Å². The van der Waals surface area contributed by atoms with Crippen LogP contribution in [0.1, 0.15) is 12.6 Å². The Labute approximate surface area is 71.4 Å². The maximum atomic E-state index is 5.78. The molecule has 0 saturated carbocycles. The van der Waals surface area contributed by atoms with Crippen molar-refractivity contribution in [3.8, 4) is 0 Å². The summed E-state index contributed by atoms with van der Waals surface area (Å²) in [5, 5.41) is 8.02. The van der Waals surface area contributed by atoms with Gasteiger partial charge in [0.25, 0.3) is 0 Å². The first kappa shape index (κ1) is 8.56. The van der Waals surface area contributed by atoms with Crippen molar-refractivity contribution in [1.29, 1.82) is 0 Å². The molecule has 4 heteroatoms. The lowest BCUT2D eigenvalue weighted by molar-refractivity contribution is 0.677. The van der Waals surface area contributed by atoms with E-state index in [2.05, 4.69) is 17.3 Å². The van der Waals surface area contributed by atoms with Crippen molar-refractivity contribution < 1.29 is 0 Å². The molecule has 0 fully saturated rings. The minimum Gasteiger partial charge on any atom is -0.311 e. The van der Waals surface area contributed by atoms with E-state index in [-0.39, 0.29) is 0 Å². The third-order valence-corrected chi connectivity index (χ3v) is 1.78. The van der Waals surface area contributed by atoms with Gasteiger partial charge in [-0.3, -0.25) is 4.68 Å². The number of nitrogens with one attached hydrogen (secondary N) is 1. The van der Waals surface area contributed by atoms with Gasteiger partial charge in [0.1, 0.15) is 5.15 Å². The zero-order chi connectivity index (χ0) is 8.27. The summed E-state index contributed by atoms with van der Waals surface area (Å²) in [6.07, 6.45) is 0. The molecule has 0 radical (unpaired) electrons. The van der Waals surface area contributed by atoms with Gasteiger partial charge in [-0.05, 0) is 12.6 Å². The van der Waals surface area contributed by atoms with Crippen molar-refractivity contribution in [2.75, 3.05) is 6.54 Å². The lowest BCUT2D eigenvalue weighted by Gasteiger charge is -1.94. The molecule has 1 aromatic rings. The smallest absolute Gasteiger partial charge is 0.127 e. The predicted octanol–water partition coefficient (Wildman–Crippen LogP) is 1.18. The van der Waals surface area contributed by atoms with E-state index < -0.39 is 0 Å². The fraction of sp³-hybridized carbons (Fsp3) is 0.571. The number of hydrogen-bond donors (Lipinski definition) is 1. The molecule has 0 amide bonds.